The number of aromatic nitrogens is 1. The minimum atomic E-state index is -0.411. The van der Waals surface area contributed by atoms with E-state index in [1.54, 1.807) is 11.3 Å². The van der Waals surface area contributed by atoms with Crippen LogP contribution < -0.4 is 10.6 Å². The lowest BCUT2D eigenvalue weighted by atomic mass is 9.97. The molecule has 1 saturated heterocycles. The van der Waals surface area contributed by atoms with Crippen molar-refractivity contribution in [3.63, 3.8) is 0 Å². The van der Waals surface area contributed by atoms with Crippen LogP contribution in [0.1, 0.15) is 27.1 Å². The van der Waals surface area contributed by atoms with Crippen molar-refractivity contribution in [2.75, 3.05) is 39.4 Å². The van der Waals surface area contributed by atoms with Crippen molar-refractivity contribution >= 4 is 23.3 Å². The molecule has 0 radical (unpaired) electrons. The predicted octanol–water partition coefficient (Wildman–Crippen LogP) is 2.24. The number of morpholine rings is 1. The Morgan fingerprint density at radius 2 is 1.90 bits per heavy atom. The molecular weight excluding hydrogens is 388 g/mol. The van der Waals surface area contributed by atoms with Crippen LogP contribution in [0, 0.1) is 13.8 Å². The summed E-state index contributed by atoms with van der Waals surface area (Å²) in [4.78, 5) is 32.7. The predicted molar refractivity (Wildman–Crippen MR) is 113 cm³/mol. The Hall–Kier alpha value is -2.45. The highest BCUT2D eigenvalue weighted by Crippen LogP contribution is 2.19. The van der Waals surface area contributed by atoms with Gasteiger partial charge in [-0.15, -0.1) is 11.3 Å². The van der Waals surface area contributed by atoms with E-state index in [1.807, 2.05) is 49.1 Å². The highest BCUT2D eigenvalue weighted by atomic mass is 32.1. The molecule has 0 spiro atoms. The molecule has 1 fully saturated rings. The van der Waals surface area contributed by atoms with Gasteiger partial charge in [-0.2, -0.15) is 0 Å². The van der Waals surface area contributed by atoms with Crippen LogP contribution in [0.4, 0.5) is 4.79 Å². The number of urea groups is 1. The van der Waals surface area contributed by atoms with Gasteiger partial charge in [-0.1, -0.05) is 30.3 Å². The number of thiazole rings is 1. The van der Waals surface area contributed by atoms with Gasteiger partial charge in [0.2, 0.25) is 5.91 Å². The fraction of sp³-hybridized carbons (Fsp3) is 0.476. The minimum absolute atomic E-state index is 0.0237. The molecule has 1 aliphatic rings. The minimum Gasteiger partial charge on any atom is -0.378 e. The number of hydrogen-bond acceptors (Lipinski definition) is 5. The van der Waals surface area contributed by atoms with Crippen LogP contribution in [-0.2, 0) is 16.0 Å². The molecule has 8 heteroatoms. The highest BCUT2D eigenvalue weighted by molar-refractivity contribution is 7.11. The van der Waals surface area contributed by atoms with Gasteiger partial charge in [0.05, 0.1) is 29.8 Å². The fourth-order valence-corrected chi connectivity index (χ4v) is 4.33. The second kappa shape index (κ2) is 10.4. The second-order valence-electron chi connectivity index (χ2n) is 7.03. The summed E-state index contributed by atoms with van der Waals surface area (Å²) >= 11 is 1.66. The Morgan fingerprint density at radius 1 is 1.17 bits per heavy atom. The molecule has 1 aromatic carbocycles. The lowest BCUT2D eigenvalue weighted by Crippen LogP contribution is -2.46. The van der Waals surface area contributed by atoms with E-state index in [0.29, 0.717) is 32.8 Å². The number of hydrogen-bond donors (Lipinski definition) is 2. The zero-order chi connectivity index (χ0) is 20.6. The summed E-state index contributed by atoms with van der Waals surface area (Å²) in [6.45, 7) is 7.03. The van der Waals surface area contributed by atoms with E-state index in [2.05, 4.69) is 15.6 Å². The number of ether oxygens (including phenoxy) is 1. The first-order valence-electron chi connectivity index (χ1n) is 9.90. The van der Waals surface area contributed by atoms with Gasteiger partial charge in [-0.05, 0) is 19.4 Å². The molecule has 3 rings (SSSR count). The summed E-state index contributed by atoms with van der Waals surface area (Å²) in [5.74, 6) is -0.387. The Morgan fingerprint density at radius 3 is 2.55 bits per heavy atom. The number of carbonyl (C=O) groups is 2. The zero-order valence-corrected chi connectivity index (χ0v) is 17.8. The average Bonchev–Trinajstić information content (AvgIpc) is 3.06. The molecule has 156 valence electrons. The Balaban J connectivity index is 1.54. The lowest BCUT2D eigenvalue weighted by Gasteiger charge is -2.30. The maximum Gasteiger partial charge on any atom is 0.314 e. The molecular formula is C21H28N4O3S. The Kier molecular flexibility index (Phi) is 7.60. The standard InChI is InChI=1S/C21H28N4O3S/c1-15-19(29-16(2)24-15)8-9-22-21(27)23-14-18(17-6-4-3-5-7-17)20(26)25-10-12-28-13-11-25/h3-7,18H,8-14H2,1-2H3,(H2,22,23,27). The van der Waals surface area contributed by atoms with Gasteiger partial charge in [0.25, 0.3) is 0 Å². The van der Waals surface area contributed by atoms with Crippen LogP contribution in [-0.4, -0.2) is 61.2 Å². The van der Waals surface area contributed by atoms with Crippen molar-refractivity contribution in [3.8, 4) is 0 Å². The van der Waals surface area contributed by atoms with Crippen molar-refractivity contribution in [2.45, 2.75) is 26.2 Å². The molecule has 3 amide bonds. The molecule has 1 aliphatic heterocycles. The first kappa shape index (κ1) is 21.3. The van der Waals surface area contributed by atoms with Gasteiger partial charge in [0, 0.05) is 37.5 Å². The van der Waals surface area contributed by atoms with Gasteiger partial charge >= 0.3 is 6.03 Å². The van der Waals surface area contributed by atoms with Crippen LogP contribution >= 0.6 is 11.3 Å². The van der Waals surface area contributed by atoms with Crippen molar-refractivity contribution in [1.29, 1.82) is 0 Å². The molecule has 2 aromatic rings. The third-order valence-corrected chi connectivity index (χ3v) is 6.06. The molecule has 1 atom stereocenters. The van der Waals surface area contributed by atoms with Crippen molar-refractivity contribution in [3.05, 3.63) is 51.5 Å². The van der Waals surface area contributed by atoms with Crippen LogP contribution in [0.2, 0.25) is 0 Å². The fourth-order valence-electron chi connectivity index (χ4n) is 3.39. The number of amides is 3. The molecule has 29 heavy (non-hydrogen) atoms. The molecule has 0 aliphatic carbocycles. The van der Waals surface area contributed by atoms with Crippen LogP contribution in [0.3, 0.4) is 0 Å². The third-order valence-electron chi connectivity index (χ3n) is 4.93. The number of nitrogens with one attached hydrogen (secondary N) is 2. The highest BCUT2D eigenvalue weighted by Gasteiger charge is 2.27. The maximum atomic E-state index is 13.0. The normalized spacial score (nSPS) is 15.0. The molecule has 0 saturated carbocycles. The van der Waals surface area contributed by atoms with Crippen LogP contribution in [0.5, 0.6) is 0 Å². The second-order valence-corrected chi connectivity index (χ2v) is 8.32. The summed E-state index contributed by atoms with van der Waals surface area (Å²) in [5, 5.41) is 6.78. The van der Waals surface area contributed by atoms with E-state index in [4.69, 9.17) is 4.74 Å². The van der Waals surface area contributed by atoms with Crippen molar-refractivity contribution < 1.29 is 14.3 Å². The van der Waals surface area contributed by atoms with E-state index in [9.17, 15) is 9.59 Å². The Bertz CT molecular complexity index is 819. The van der Waals surface area contributed by atoms with Gasteiger partial charge in [0.1, 0.15) is 0 Å². The van der Waals surface area contributed by atoms with Gasteiger partial charge < -0.3 is 20.3 Å². The molecule has 0 bridgehead atoms. The number of rotatable bonds is 7. The van der Waals surface area contributed by atoms with E-state index >= 15 is 0 Å². The van der Waals surface area contributed by atoms with Crippen molar-refractivity contribution in [2.24, 2.45) is 0 Å². The van der Waals surface area contributed by atoms with E-state index in [-0.39, 0.29) is 18.5 Å². The molecule has 1 aromatic heterocycles. The number of benzene rings is 1. The number of carbonyl (C=O) groups excluding carboxylic acids is 2. The van der Waals surface area contributed by atoms with E-state index < -0.39 is 5.92 Å². The molecule has 2 N–H and O–H groups in total. The zero-order valence-electron chi connectivity index (χ0n) is 16.9. The van der Waals surface area contributed by atoms with Gasteiger partial charge in [-0.25, -0.2) is 9.78 Å². The maximum absolute atomic E-state index is 13.0. The van der Waals surface area contributed by atoms with Crippen molar-refractivity contribution in [1.82, 2.24) is 20.5 Å². The molecule has 1 unspecified atom stereocenters. The average molecular weight is 417 g/mol. The summed E-state index contributed by atoms with van der Waals surface area (Å²) in [6, 6.07) is 9.33. The summed E-state index contributed by atoms with van der Waals surface area (Å²) < 4.78 is 5.35. The SMILES string of the molecule is Cc1nc(C)c(CCNC(=O)NCC(C(=O)N2CCOCC2)c2ccccc2)s1. The first-order chi connectivity index (χ1) is 14.0. The quantitative estimate of drug-likeness (QED) is 0.725. The number of nitrogens with zero attached hydrogens (tertiary/aromatic N) is 2. The summed E-state index contributed by atoms with van der Waals surface area (Å²) in [7, 11) is 0. The largest absolute Gasteiger partial charge is 0.378 e. The molecule has 7 nitrogen and oxygen atoms in total. The van der Waals surface area contributed by atoms with Crippen LogP contribution in [0.15, 0.2) is 30.3 Å². The topological polar surface area (TPSA) is 83.6 Å². The lowest BCUT2D eigenvalue weighted by molar-refractivity contribution is -0.136. The van der Waals surface area contributed by atoms with Gasteiger partial charge in [0.15, 0.2) is 0 Å². The van der Waals surface area contributed by atoms with E-state index in [1.165, 1.54) is 4.88 Å². The monoisotopic (exact) mass is 416 g/mol. The molecule has 2 heterocycles. The first-order valence-corrected chi connectivity index (χ1v) is 10.7. The Labute approximate surface area is 175 Å². The van der Waals surface area contributed by atoms with Crippen LogP contribution in [0.25, 0.3) is 0 Å². The smallest absolute Gasteiger partial charge is 0.314 e. The van der Waals surface area contributed by atoms with E-state index in [0.717, 1.165) is 22.7 Å². The summed E-state index contributed by atoms with van der Waals surface area (Å²) in [5.41, 5.74) is 1.93. The number of aryl methyl sites for hydroxylation is 2. The third kappa shape index (κ3) is 6.01. The summed E-state index contributed by atoms with van der Waals surface area (Å²) in [6.07, 6.45) is 0.750. The van der Waals surface area contributed by atoms with Gasteiger partial charge in [-0.3, -0.25) is 4.79 Å².